The number of nitrogens with zero attached hydrogens (tertiary/aromatic N) is 1. The Kier molecular flexibility index (Phi) is 5.93. The fourth-order valence-electron chi connectivity index (χ4n) is 2.88. The number of hydrogen-bond donors (Lipinski definition) is 0. The van der Waals surface area contributed by atoms with Gasteiger partial charge in [0.25, 0.3) is 0 Å². The second-order valence-corrected chi connectivity index (χ2v) is 5.99. The fraction of sp³-hybridized carbons (Fsp3) is 0.400. The van der Waals surface area contributed by atoms with E-state index >= 15 is 0 Å². The molecule has 0 atom stereocenters. The summed E-state index contributed by atoms with van der Waals surface area (Å²) in [6.45, 7) is 4.20. The van der Waals surface area contributed by atoms with E-state index in [1.54, 1.807) is 0 Å². The molecule has 0 amide bonds. The van der Waals surface area contributed by atoms with Gasteiger partial charge in [0.05, 0.1) is 0 Å². The minimum Gasteiger partial charge on any atom is -0.492 e. The molecule has 2 aromatic rings. The molecule has 0 aromatic heterocycles. The molecule has 3 nitrogen and oxygen atoms in total. The lowest BCUT2D eigenvalue weighted by Gasteiger charge is -2.19. The second kappa shape index (κ2) is 8.59. The van der Waals surface area contributed by atoms with Gasteiger partial charge in [0.1, 0.15) is 23.9 Å². The van der Waals surface area contributed by atoms with Gasteiger partial charge in [-0.1, -0.05) is 31.0 Å². The number of ether oxygens (including phenoxy) is 2. The van der Waals surface area contributed by atoms with Gasteiger partial charge < -0.3 is 9.47 Å². The minimum atomic E-state index is 0.749. The molecule has 1 fully saturated rings. The normalized spacial score (nSPS) is 15.8. The molecule has 23 heavy (non-hydrogen) atoms. The number of benzene rings is 2. The van der Waals surface area contributed by atoms with Gasteiger partial charge in [-0.2, -0.15) is 0 Å². The van der Waals surface area contributed by atoms with Crippen LogP contribution in [0.5, 0.6) is 17.2 Å². The van der Waals surface area contributed by atoms with Crippen LogP contribution >= 0.6 is 0 Å². The molecule has 3 rings (SSSR count). The van der Waals surface area contributed by atoms with Gasteiger partial charge in [0.2, 0.25) is 0 Å². The predicted octanol–water partition coefficient (Wildman–Crippen LogP) is 4.73. The smallest absolute Gasteiger partial charge is 0.127 e. The molecule has 122 valence electrons. The fourth-order valence-corrected chi connectivity index (χ4v) is 2.88. The average molecular weight is 311 g/mol. The molecule has 0 radical (unpaired) electrons. The highest BCUT2D eigenvalue weighted by molar-refractivity contribution is 5.35. The molecule has 0 aliphatic carbocycles. The zero-order valence-electron chi connectivity index (χ0n) is 13.6. The van der Waals surface area contributed by atoms with Gasteiger partial charge in [-0.25, -0.2) is 0 Å². The molecule has 0 N–H and O–H groups in total. The Morgan fingerprint density at radius 2 is 1.30 bits per heavy atom. The van der Waals surface area contributed by atoms with Crippen molar-refractivity contribution in [2.24, 2.45) is 0 Å². The maximum absolute atomic E-state index is 5.86. The van der Waals surface area contributed by atoms with E-state index in [1.165, 1.54) is 38.8 Å². The van der Waals surface area contributed by atoms with Crippen molar-refractivity contribution in [2.75, 3.05) is 26.2 Å². The summed E-state index contributed by atoms with van der Waals surface area (Å²) in [5.41, 5.74) is 0. The molecular formula is C20H25NO2. The van der Waals surface area contributed by atoms with Crippen molar-refractivity contribution in [2.45, 2.75) is 25.7 Å². The second-order valence-electron chi connectivity index (χ2n) is 5.99. The van der Waals surface area contributed by atoms with Crippen LogP contribution in [0.15, 0.2) is 54.6 Å². The Balaban J connectivity index is 1.44. The monoisotopic (exact) mass is 311 g/mol. The Morgan fingerprint density at radius 1 is 0.696 bits per heavy atom. The van der Waals surface area contributed by atoms with Crippen molar-refractivity contribution >= 4 is 0 Å². The van der Waals surface area contributed by atoms with Gasteiger partial charge in [0, 0.05) is 6.54 Å². The molecule has 1 heterocycles. The first-order valence-corrected chi connectivity index (χ1v) is 8.58. The van der Waals surface area contributed by atoms with Crippen LogP contribution in [0.1, 0.15) is 25.7 Å². The van der Waals surface area contributed by atoms with Crippen molar-refractivity contribution in [1.82, 2.24) is 4.90 Å². The first-order valence-electron chi connectivity index (χ1n) is 8.58. The summed E-state index contributed by atoms with van der Waals surface area (Å²) in [6, 6.07) is 17.7. The van der Waals surface area contributed by atoms with Gasteiger partial charge in [-0.3, -0.25) is 4.90 Å². The zero-order valence-corrected chi connectivity index (χ0v) is 13.6. The highest BCUT2D eigenvalue weighted by atomic mass is 16.5. The largest absolute Gasteiger partial charge is 0.492 e. The van der Waals surface area contributed by atoms with Crippen LogP contribution in [0.25, 0.3) is 0 Å². The molecule has 1 saturated heterocycles. The predicted molar refractivity (Wildman–Crippen MR) is 93.4 cm³/mol. The summed E-state index contributed by atoms with van der Waals surface area (Å²) < 4.78 is 11.6. The lowest BCUT2D eigenvalue weighted by atomic mass is 10.2. The summed E-state index contributed by atoms with van der Waals surface area (Å²) in [6.07, 6.45) is 5.40. The third kappa shape index (κ3) is 5.29. The molecule has 2 aromatic carbocycles. The SMILES string of the molecule is c1ccc(Oc2ccc(OCCN3CCCCCC3)cc2)cc1. The Bertz CT molecular complexity index is 560. The van der Waals surface area contributed by atoms with E-state index in [9.17, 15) is 0 Å². The number of para-hydroxylation sites is 1. The molecule has 1 aliphatic heterocycles. The van der Waals surface area contributed by atoms with Crippen LogP contribution in [-0.2, 0) is 0 Å². The van der Waals surface area contributed by atoms with Gasteiger partial charge in [-0.05, 0) is 62.3 Å². The first-order chi connectivity index (χ1) is 11.4. The highest BCUT2D eigenvalue weighted by Crippen LogP contribution is 2.23. The van der Waals surface area contributed by atoms with Crippen LogP contribution in [0.2, 0.25) is 0 Å². The third-order valence-electron chi connectivity index (χ3n) is 4.18. The Labute approximate surface area is 138 Å². The average Bonchev–Trinajstić information content (AvgIpc) is 2.86. The molecule has 0 saturated carbocycles. The number of hydrogen-bond acceptors (Lipinski definition) is 3. The first kappa shape index (κ1) is 15.9. The minimum absolute atomic E-state index is 0.749. The quantitative estimate of drug-likeness (QED) is 0.769. The number of rotatable bonds is 6. The zero-order chi connectivity index (χ0) is 15.7. The van der Waals surface area contributed by atoms with Gasteiger partial charge >= 0.3 is 0 Å². The highest BCUT2D eigenvalue weighted by Gasteiger charge is 2.08. The van der Waals surface area contributed by atoms with Crippen molar-refractivity contribution < 1.29 is 9.47 Å². The lowest BCUT2D eigenvalue weighted by Crippen LogP contribution is -2.29. The summed E-state index contributed by atoms with van der Waals surface area (Å²) >= 11 is 0. The standard InChI is InChI=1S/C20H25NO2/c1-2-7-15-21(14-6-1)16-17-22-18-10-12-20(13-11-18)23-19-8-4-3-5-9-19/h3-5,8-13H,1-2,6-7,14-17H2. The third-order valence-corrected chi connectivity index (χ3v) is 4.18. The van der Waals surface area contributed by atoms with E-state index in [4.69, 9.17) is 9.47 Å². The van der Waals surface area contributed by atoms with Crippen molar-refractivity contribution in [1.29, 1.82) is 0 Å². The Hall–Kier alpha value is -2.00. The summed E-state index contributed by atoms with van der Waals surface area (Å²) in [5.74, 6) is 2.58. The Morgan fingerprint density at radius 3 is 2.00 bits per heavy atom. The van der Waals surface area contributed by atoms with E-state index in [-0.39, 0.29) is 0 Å². The summed E-state index contributed by atoms with van der Waals surface area (Å²) in [7, 11) is 0. The van der Waals surface area contributed by atoms with Crippen molar-refractivity contribution in [3.05, 3.63) is 54.6 Å². The molecule has 0 bridgehead atoms. The van der Waals surface area contributed by atoms with Crippen LogP contribution < -0.4 is 9.47 Å². The van der Waals surface area contributed by atoms with E-state index in [0.29, 0.717) is 0 Å². The molecule has 3 heteroatoms. The van der Waals surface area contributed by atoms with E-state index < -0.39 is 0 Å². The maximum atomic E-state index is 5.86. The van der Waals surface area contributed by atoms with E-state index in [2.05, 4.69) is 4.90 Å². The number of likely N-dealkylation sites (tertiary alicyclic amines) is 1. The maximum Gasteiger partial charge on any atom is 0.127 e. The molecule has 0 spiro atoms. The van der Waals surface area contributed by atoms with Crippen LogP contribution in [0.3, 0.4) is 0 Å². The summed E-state index contributed by atoms with van der Waals surface area (Å²) in [4.78, 5) is 2.51. The van der Waals surface area contributed by atoms with E-state index in [0.717, 1.165) is 30.4 Å². The van der Waals surface area contributed by atoms with Crippen molar-refractivity contribution in [3.63, 3.8) is 0 Å². The van der Waals surface area contributed by atoms with Gasteiger partial charge in [0.15, 0.2) is 0 Å². The topological polar surface area (TPSA) is 21.7 Å². The molecule has 0 unspecified atom stereocenters. The summed E-state index contributed by atoms with van der Waals surface area (Å²) in [5, 5.41) is 0. The molecule has 1 aliphatic rings. The van der Waals surface area contributed by atoms with E-state index in [1.807, 2.05) is 54.6 Å². The van der Waals surface area contributed by atoms with Crippen molar-refractivity contribution in [3.8, 4) is 17.2 Å². The van der Waals surface area contributed by atoms with Crippen LogP contribution in [0, 0.1) is 0 Å². The lowest BCUT2D eigenvalue weighted by molar-refractivity contribution is 0.214. The van der Waals surface area contributed by atoms with Crippen LogP contribution in [-0.4, -0.2) is 31.1 Å². The molecular weight excluding hydrogens is 286 g/mol. The van der Waals surface area contributed by atoms with Crippen LogP contribution in [0.4, 0.5) is 0 Å². The van der Waals surface area contributed by atoms with Gasteiger partial charge in [-0.15, -0.1) is 0 Å².